The van der Waals surface area contributed by atoms with Crippen molar-refractivity contribution in [1.82, 2.24) is 9.62 Å². The van der Waals surface area contributed by atoms with Crippen LogP contribution in [0, 0.1) is 0 Å². The van der Waals surface area contributed by atoms with Gasteiger partial charge >= 0.3 is 5.97 Å². The van der Waals surface area contributed by atoms with E-state index in [1.165, 1.54) is 30.7 Å². The molecule has 2 aromatic rings. The predicted molar refractivity (Wildman–Crippen MR) is 161 cm³/mol. The fraction of sp³-hybridized carbons (Fsp3) is 0.500. The van der Waals surface area contributed by atoms with Crippen LogP contribution < -0.4 is 5.32 Å². The molecular formula is C32H41N3O6S. The Hall–Kier alpha value is -3.37. The maximum Gasteiger partial charge on any atom is 0.326 e. The highest BCUT2D eigenvalue weighted by molar-refractivity contribution is 7.89. The molecule has 0 radical (unpaired) electrons. The van der Waals surface area contributed by atoms with Gasteiger partial charge in [0.25, 0.3) is 0 Å². The van der Waals surface area contributed by atoms with Gasteiger partial charge in [-0.05, 0) is 74.6 Å². The van der Waals surface area contributed by atoms with Crippen molar-refractivity contribution in [2.75, 3.05) is 13.1 Å². The van der Waals surface area contributed by atoms with Crippen molar-refractivity contribution in [3.05, 3.63) is 65.7 Å². The van der Waals surface area contributed by atoms with Crippen LogP contribution in [0.3, 0.4) is 0 Å². The SMILES string of the molecule is O=C(CCCCCC1=NCCCC1)Cc1ccc(CC(NC(=O)C2CCCN2S(=O)(=O)c2ccccc2)C(=O)O)cc1. The van der Waals surface area contributed by atoms with Gasteiger partial charge in [0.15, 0.2) is 0 Å². The first-order valence-corrected chi connectivity index (χ1v) is 16.4. The van der Waals surface area contributed by atoms with Crippen LogP contribution in [0.15, 0.2) is 64.5 Å². The lowest BCUT2D eigenvalue weighted by Gasteiger charge is -2.25. The number of unbranched alkanes of at least 4 members (excludes halogenated alkanes) is 2. The zero-order valence-corrected chi connectivity index (χ0v) is 24.9. The molecule has 1 fully saturated rings. The lowest BCUT2D eigenvalue weighted by molar-refractivity contribution is -0.142. The van der Waals surface area contributed by atoms with E-state index in [9.17, 15) is 27.9 Å². The molecule has 2 heterocycles. The van der Waals surface area contributed by atoms with Crippen molar-refractivity contribution in [3.8, 4) is 0 Å². The minimum absolute atomic E-state index is 0.0404. The summed E-state index contributed by atoms with van der Waals surface area (Å²) in [5.41, 5.74) is 2.89. The molecule has 9 nitrogen and oxygen atoms in total. The Kier molecular flexibility index (Phi) is 11.4. The molecule has 4 rings (SSSR count). The summed E-state index contributed by atoms with van der Waals surface area (Å²) in [4.78, 5) is 42.3. The van der Waals surface area contributed by atoms with Gasteiger partial charge in [-0.25, -0.2) is 13.2 Å². The lowest BCUT2D eigenvalue weighted by atomic mass is 9.99. The average Bonchev–Trinajstić information content (AvgIpc) is 3.50. The molecule has 226 valence electrons. The third-order valence-electron chi connectivity index (χ3n) is 7.96. The number of benzene rings is 2. The summed E-state index contributed by atoms with van der Waals surface area (Å²) in [5, 5.41) is 12.4. The number of sulfonamides is 1. The normalized spacial score (nSPS) is 18.3. The third-order valence-corrected chi connectivity index (χ3v) is 9.89. The lowest BCUT2D eigenvalue weighted by Crippen LogP contribution is -2.51. The summed E-state index contributed by atoms with van der Waals surface area (Å²) in [5.74, 6) is -1.64. The maximum absolute atomic E-state index is 13.1. The summed E-state index contributed by atoms with van der Waals surface area (Å²) in [7, 11) is -3.88. The number of carboxylic acid groups (broad SMARTS) is 1. The molecular weight excluding hydrogens is 554 g/mol. The highest BCUT2D eigenvalue weighted by atomic mass is 32.2. The zero-order chi connectivity index (χ0) is 30.0. The second-order valence-corrected chi connectivity index (χ2v) is 13.1. The highest BCUT2D eigenvalue weighted by Crippen LogP contribution is 2.26. The Morgan fingerprint density at radius 2 is 1.69 bits per heavy atom. The van der Waals surface area contributed by atoms with Crippen molar-refractivity contribution in [2.24, 2.45) is 4.99 Å². The van der Waals surface area contributed by atoms with E-state index < -0.39 is 34.0 Å². The number of rotatable bonds is 15. The van der Waals surface area contributed by atoms with E-state index in [4.69, 9.17) is 0 Å². The quantitative estimate of drug-likeness (QED) is 0.294. The number of hydrogen-bond donors (Lipinski definition) is 2. The standard InChI is InChI=1S/C32H41N3O6S/c36-27(12-4-1-3-10-26-11-7-8-20-33-26)22-24-16-18-25(19-17-24)23-29(32(38)39)34-31(37)30-15-9-21-35(30)42(40,41)28-13-5-2-6-14-28/h2,5-6,13-14,16-19,29-30H,1,3-4,7-12,15,20-23H2,(H,34,37)(H,38,39). The van der Waals surface area contributed by atoms with Gasteiger partial charge in [0.2, 0.25) is 15.9 Å². The second kappa shape index (κ2) is 15.2. The van der Waals surface area contributed by atoms with Crippen molar-refractivity contribution in [2.45, 2.75) is 94.0 Å². The van der Waals surface area contributed by atoms with E-state index in [1.54, 1.807) is 30.3 Å². The maximum atomic E-state index is 13.1. The molecule has 0 saturated carbocycles. The molecule has 10 heteroatoms. The van der Waals surface area contributed by atoms with Gasteiger partial charge in [0.05, 0.1) is 4.90 Å². The van der Waals surface area contributed by atoms with Crippen LogP contribution in [0.5, 0.6) is 0 Å². The Morgan fingerprint density at radius 1 is 0.952 bits per heavy atom. The van der Waals surface area contributed by atoms with Gasteiger partial charge in [-0.2, -0.15) is 4.31 Å². The number of aliphatic carboxylic acids is 1. The highest BCUT2D eigenvalue weighted by Gasteiger charge is 2.40. The molecule has 2 atom stereocenters. The van der Waals surface area contributed by atoms with Crippen molar-refractivity contribution < 1.29 is 27.9 Å². The number of carboxylic acids is 1. The fourth-order valence-corrected chi connectivity index (χ4v) is 7.30. The molecule has 0 spiro atoms. The van der Waals surface area contributed by atoms with Gasteiger partial charge in [-0.1, -0.05) is 48.9 Å². The number of amides is 1. The number of hydrogen-bond acceptors (Lipinski definition) is 6. The summed E-state index contributed by atoms with van der Waals surface area (Å²) in [6.45, 7) is 1.15. The first-order valence-electron chi connectivity index (χ1n) is 15.0. The number of aliphatic imine (C=N–C) groups is 1. The third kappa shape index (κ3) is 8.82. The number of carbonyl (C=O) groups excluding carboxylic acids is 2. The number of Topliss-reactive ketones (excluding diaryl/α,β-unsaturated/α-hetero) is 1. The molecule has 42 heavy (non-hydrogen) atoms. The van der Waals surface area contributed by atoms with Crippen LogP contribution in [0.1, 0.15) is 75.3 Å². The molecule has 2 aliphatic rings. The number of ketones is 1. The smallest absolute Gasteiger partial charge is 0.326 e. The van der Waals surface area contributed by atoms with Gasteiger partial charge in [-0.15, -0.1) is 0 Å². The molecule has 0 bridgehead atoms. The molecule has 1 saturated heterocycles. The van der Waals surface area contributed by atoms with Crippen LogP contribution in [-0.2, 0) is 37.2 Å². The predicted octanol–water partition coefficient (Wildman–Crippen LogP) is 4.34. The van der Waals surface area contributed by atoms with Crippen LogP contribution in [0.25, 0.3) is 0 Å². The average molecular weight is 596 g/mol. The zero-order valence-electron chi connectivity index (χ0n) is 24.0. The second-order valence-electron chi connectivity index (χ2n) is 11.2. The largest absolute Gasteiger partial charge is 0.480 e. The Morgan fingerprint density at radius 3 is 2.38 bits per heavy atom. The molecule has 2 N–H and O–H groups in total. The van der Waals surface area contributed by atoms with Gasteiger partial charge < -0.3 is 10.4 Å². The van der Waals surface area contributed by atoms with Crippen molar-refractivity contribution in [1.29, 1.82) is 0 Å². The van der Waals surface area contributed by atoms with E-state index in [0.29, 0.717) is 31.2 Å². The first-order chi connectivity index (χ1) is 20.2. The van der Waals surface area contributed by atoms with E-state index >= 15 is 0 Å². The van der Waals surface area contributed by atoms with Crippen LogP contribution >= 0.6 is 0 Å². The molecule has 2 aliphatic heterocycles. The molecule has 2 aromatic carbocycles. The summed E-state index contributed by atoms with van der Waals surface area (Å²) >= 11 is 0. The van der Waals surface area contributed by atoms with E-state index in [2.05, 4.69) is 10.3 Å². The Balaban J connectivity index is 1.25. The molecule has 0 aliphatic carbocycles. The van der Waals surface area contributed by atoms with Gasteiger partial charge in [0, 0.05) is 38.1 Å². The molecule has 0 aromatic heterocycles. The fourth-order valence-electron chi connectivity index (χ4n) is 5.62. The Bertz CT molecular complexity index is 1360. The number of nitrogens with one attached hydrogen (secondary N) is 1. The molecule has 1 amide bonds. The van der Waals surface area contributed by atoms with Gasteiger partial charge in [0.1, 0.15) is 17.9 Å². The van der Waals surface area contributed by atoms with Crippen LogP contribution in [-0.4, -0.2) is 66.4 Å². The van der Waals surface area contributed by atoms with Crippen LogP contribution in [0.2, 0.25) is 0 Å². The summed E-state index contributed by atoms with van der Waals surface area (Å²) in [6.07, 6.45) is 9.30. The van der Waals surface area contributed by atoms with Crippen molar-refractivity contribution >= 4 is 33.4 Å². The minimum Gasteiger partial charge on any atom is -0.480 e. The topological polar surface area (TPSA) is 133 Å². The molecule has 2 unspecified atom stereocenters. The summed E-state index contributed by atoms with van der Waals surface area (Å²) in [6, 6.07) is 12.9. The van der Waals surface area contributed by atoms with Gasteiger partial charge in [-0.3, -0.25) is 14.6 Å². The number of carbonyl (C=O) groups is 3. The van der Waals surface area contributed by atoms with E-state index in [-0.39, 0.29) is 23.6 Å². The van der Waals surface area contributed by atoms with E-state index in [0.717, 1.165) is 48.5 Å². The van der Waals surface area contributed by atoms with E-state index in [1.807, 2.05) is 12.1 Å². The number of nitrogens with zero attached hydrogens (tertiary/aromatic N) is 2. The van der Waals surface area contributed by atoms with Crippen LogP contribution in [0.4, 0.5) is 0 Å². The summed E-state index contributed by atoms with van der Waals surface area (Å²) < 4.78 is 27.4. The minimum atomic E-state index is -3.88. The first kappa shape index (κ1) is 31.6. The Labute approximate surface area is 248 Å². The van der Waals surface area contributed by atoms with Crippen molar-refractivity contribution in [3.63, 3.8) is 0 Å². The monoisotopic (exact) mass is 595 g/mol.